The van der Waals surface area contributed by atoms with E-state index in [4.69, 9.17) is 4.74 Å². The molecule has 1 aliphatic rings. The first-order valence-electron chi connectivity index (χ1n) is 12.6. The van der Waals surface area contributed by atoms with Gasteiger partial charge in [-0.05, 0) is 69.6 Å². The second kappa shape index (κ2) is 11.7. The number of unbranched alkanes of at least 4 members (excludes halogenated alkanes) is 1. The topological polar surface area (TPSA) is 22.1 Å². The highest BCUT2D eigenvalue weighted by atomic mass is 19.2. The van der Waals surface area contributed by atoms with E-state index >= 15 is 4.39 Å². The average Bonchev–Trinajstić information content (AvgIpc) is 2.90. The summed E-state index contributed by atoms with van der Waals surface area (Å²) in [7, 11) is 0. The minimum atomic E-state index is -1.28. The van der Waals surface area contributed by atoms with Crippen molar-refractivity contribution in [3.8, 4) is 28.0 Å². The molecule has 1 fully saturated rings. The van der Waals surface area contributed by atoms with E-state index in [0.717, 1.165) is 30.9 Å². The minimum absolute atomic E-state index is 0.0213. The van der Waals surface area contributed by atoms with Crippen LogP contribution in [0, 0.1) is 29.2 Å². The van der Waals surface area contributed by atoms with E-state index in [1.807, 2.05) is 12.1 Å². The highest BCUT2D eigenvalue weighted by molar-refractivity contribution is 5.72. The van der Waals surface area contributed by atoms with E-state index in [1.165, 1.54) is 49.9 Å². The van der Waals surface area contributed by atoms with Gasteiger partial charge in [0.25, 0.3) is 0 Å². The Kier molecular flexibility index (Phi) is 8.44. The summed E-state index contributed by atoms with van der Waals surface area (Å²) in [4.78, 5) is 4.56. The van der Waals surface area contributed by atoms with Crippen LogP contribution < -0.4 is 4.74 Å². The lowest BCUT2D eigenvalue weighted by Gasteiger charge is -2.28. The Morgan fingerprint density at radius 3 is 2.14 bits per heavy atom. The number of halogens is 4. The fourth-order valence-corrected chi connectivity index (χ4v) is 5.09. The van der Waals surface area contributed by atoms with Gasteiger partial charge in [-0.15, -0.1) is 6.58 Å². The first-order chi connectivity index (χ1) is 17.4. The van der Waals surface area contributed by atoms with E-state index in [0.29, 0.717) is 11.5 Å². The number of aromatic nitrogens is 1. The van der Waals surface area contributed by atoms with Crippen molar-refractivity contribution in [2.24, 2.45) is 5.92 Å². The molecule has 2 aromatic carbocycles. The molecule has 3 aromatic rings. The molecule has 4 rings (SSSR count). The van der Waals surface area contributed by atoms with Gasteiger partial charge in [0.15, 0.2) is 23.2 Å². The maximum Gasteiger partial charge on any atom is 0.201 e. The van der Waals surface area contributed by atoms with E-state index in [-0.39, 0.29) is 29.0 Å². The zero-order chi connectivity index (χ0) is 25.7. The lowest BCUT2D eigenvalue weighted by Crippen LogP contribution is -2.14. The van der Waals surface area contributed by atoms with Crippen LogP contribution in [0.1, 0.15) is 63.5 Å². The van der Waals surface area contributed by atoms with Crippen LogP contribution in [0.3, 0.4) is 0 Å². The Labute approximate surface area is 210 Å². The Morgan fingerprint density at radius 1 is 0.861 bits per heavy atom. The summed E-state index contributed by atoms with van der Waals surface area (Å²) in [6.45, 7) is 5.57. The third kappa shape index (κ3) is 5.48. The van der Waals surface area contributed by atoms with Gasteiger partial charge in [0.05, 0.1) is 6.61 Å². The van der Waals surface area contributed by atoms with Crippen molar-refractivity contribution in [3.63, 3.8) is 0 Å². The largest absolute Gasteiger partial charge is 0.491 e. The van der Waals surface area contributed by atoms with Crippen LogP contribution in [0.2, 0.25) is 0 Å². The summed E-state index contributed by atoms with van der Waals surface area (Å²) in [6.07, 6.45) is 11.5. The molecule has 0 N–H and O–H groups in total. The highest BCUT2D eigenvalue weighted by Crippen LogP contribution is 2.38. The van der Waals surface area contributed by atoms with Crippen LogP contribution in [-0.4, -0.2) is 11.6 Å². The number of allylic oxidation sites excluding steroid dienone is 1. The lowest BCUT2D eigenvalue weighted by atomic mass is 9.78. The molecule has 1 saturated carbocycles. The third-order valence-electron chi connectivity index (χ3n) is 7.10. The van der Waals surface area contributed by atoms with Crippen LogP contribution in [0.15, 0.2) is 55.3 Å². The lowest BCUT2D eigenvalue weighted by molar-refractivity contribution is 0.303. The number of hydrogen-bond donors (Lipinski definition) is 0. The number of hydrogen-bond acceptors (Lipinski definition) is 2. The number of rotatable bonds is 9. The van der Waals surface area contributed by atoms with Crippen molar-refractivity contribution in [1.29, 1.82) is 0 Å². The van der Waals surface area contributed by atoms with E-state index in [1.54, 1.807) is 19.2 Å². The Hall–Kier alpha value is -3.15. The molecule has 1 heterocycles. The second-order valence-electron chi connectivity index (χ2n) is 9.37. The van der Waals surface area contributed by atoms with Crippen LogP contribution in [0.5, 0.6) is 5.75 Å². The normalized spacial score (nSPS) is 17.7. The molecule has 190 valence electrons. The van der Waals surface area contributed by atoms with Gasteiger partial charge in [-0.25, -0.2) is 13.2 Å². The van der Waals surface area contributed by atoms with Crippen molar-refractivity contribution in [3.05, 3.63) is 84.2 Å². The Morgan fingerprint density at radius 2 is 1.50 bits per heavy atom. The quantitative estimate of drug-likeness (QED) is 0.167. The minimum Gasteiger partial charge on any atom is -0.491 e. The molecule has 0 unspecified atom stereocenters. The van der Waals surface area contributed by atoms with Gasteiger partial charge in [-0.3, -0.25) is 4.98 Å². The van der Waals surface area contributed by atoms with Crippen LogP contribution in [-0.2, 0) is 0 Å². The van der Waals surface area contributed by atoms with Crippen molar-refractivity contribution < 1.29 is 22.3 Å². The van der Waals surface area contributed by atoms with Gasteiger partial charge in [0.2, 0.25) is 5.82 Å². The Bertz CT molecular complexity index is 1200. The first-order valence-corrected chi connectivity index (χ1v) is 12.6. The highest BCUT2D eigenvalue weighted by Gasteiger charge is 2.24. The van der Waals surface area contributed by atoms with Crippen LogP contribution >= 0.6 is 0 Å². The molecule has 0 radical (unpaired) electrons. The summed E-state index contributed by atoms with van der Waals surface area (Å²) in [5.74, 6) is -4.04. The maximum absolute atomic E-state index is 15.0. The fourth-order valence-electron chi connectivity index (χ4n) is 5.09. The Balaban J connectivity index is 1.50. The van der Waals surface area contributed by atoms with Gasteiger partial charge in [-0.1, -0.05) is 30.7 Å². The zero-order valence-electron chi connectivity index (χ0n) is 20.5. The molecular formula is C30H31F4NO. The second-order valence-corrected chi connectivity index (χ2v) is 9.37. The molecule has 0 atom stereocenters. The number of pyridine rings is 1. The van der Waals surface area contributed by atoms with Crippen molar-refractivity contribution >= 4 is 0 Å². The van der Waals surface area contributed by atoms with Crippen LogP contribution in [0.4, 0.5) is 17.6 Å². The number of ether oxygens (including phenoxy) is 1. The molecular weight excluding hydrogens is 466 g/mol. The number of benzene rings is 2. The first kappa shape index (κ1) is 25.9. The van der Waals surface area contributed by atoms with Crippen molar-refractivity contribution in [2.75, 3.05) is 6.61 Å². The summed E-state index contributed by atoms with van der Waals surface area (Å²) in [5, 5.41) is 0. The average molecular weight is 498 g/mol. The molecule has 0 saturated heterocycles. The van der Waals surface area contributed by atoms with Gasteiger partial charge in [0.1, 0.15) is 0 Å². The number of nitrogens with zero attached hydrogens (tertiary/aromatic N) is 1. The molecule has 0 amide bonds. The molecule has 2 nitrogen and oxygen atoms in total. The zero-order valence-corrected chi connectivity index (χ0v) is 20.5. The van der Waals surface area contributed by atoms with Gasteiger partial charge < -0.3 is 4.74 Å². The smallest absolute Gasteiger partial charge is 0.201 e. The monoisotopic (exact) mass is 497 g/mol. The molecule has 0 aliphatic heterocycles. The fraction of sp³-hybridized carbons (Fsp3) is 0.367. The van der Waals surface area contributed by atoms with Gasteiger partial charge in [0, 0.05) is 40.1 Å². The maximum atomic E-state index is 15.0. The predicted octanol–water partition coefficient (Wildman–Crippen LogP) is 9.00. The summed E-state index contributed by atoms with van der Waals surface area (Å²) < 4.78 is 63.9. The standard InChI is InChI=1S/C30H31F4NO/c1-3-5-6-7-19-8-10-20(11-9-19)25-16-12-21(18-35-25)22-13-14-23(28(32)27(22)31)24-15-17-26(36-4-2)30(34)29(24)33/h3,12-20H,1,4-11H2,2H3. The van der Waals surface area contributed by atoms with Crippen LogP contribution in [0.25, 0.3) is 22.3 Å². The molecule has 0 bridgehead atoms. The SMILES string of the molecule is C=CCCCC1CCC(c2ccc(-c3ccc(-c4ccc(OCC)c(F)c4F)c(F)c3F)cn2)CC1. The summed E-state index contributed by atoms with van der Waals surface area (Å²) >= 11 is 0. The third-order valence-corrected chi connectivity index (χ3v) is 7.10. The molecule has 0 spiro atoms. The molecule has 1 aliphatic carbocycles. The van der Waals surface area contributed by atoms with Crippen molar-refractivity contribution in [1.82, 2.24) is 4.98 Å². The van der Waals surface area contributed by atoms with Gasteiger partial charge >= 0.3 is 0 Å². The van der Waals surface area contributed by atoms with E-state index in [9.17, 15) is 13.2 Å². The van der Waals surface area contributed by atoms with Crippen molar-refractivity contribution in [2.45, 2.75) is 57.8 Å². The molecule has 36 heavy (non-hydrogen) atoms. The summed E-state index contributed by atoms with van der Waals surface area (Å²) in [6, 6.07) is 8.64. The molecule has 1 aromatic heterocycles. The predicted molar refractivity (Wildman–Crippen MR) is 135 cm³/mol. The summed E-state index contributed by atoms with van der Waals surface area (Å²) in [5.41, 5.74) is 0.691. The van der Waals surface area contributed by atoms with E-state index < -0.39 is 23.3 Å². The van der Waals surface area contributed by atoms with Gasteiger partial charge in [-0.2, -0.15) is 4.39 Å². The molecule has 6 heteroatoms. The van der Waals surface area contributed by atoms with E-state index in [2.05, 4.69) is 11.6 Å².